The number of thioether (sulfide) groups is 1. The fourth-order valence-electron chi connectivity index (χ4n) is 1.84. The molecule has 0 saturated carbocycles. The summed E-state index contributed by atoms with van der Waals surface area (Å²) in [4.78, 5) is 0. The van der Waals surface area contributed by atoms with Gasteiger partial charge in [-0.2, -0.15) is 16.9 Å². The van der Waals surface area contributed by atoms with Gasteiger partial charge in [-0.05, 0) is 17.9 Å². The van der Waals surface area contributed by atoms with Crippen LogP contribution in [-0.4, -0.2) is 28.3 Å². The Hall–Kier alpha value is -0.640. The summed E-state index contributed by atoms with van der Waals surface area (Å²) in [5.41, 5.74) is 2.71. The van der Waals surface area contributed by atoms with Crippen molar-refractivity contribution in [2.24, 2.45) is 7.05 Å². The predicted molar refractivity (Wildman–Crippen MR) is 57.5 cm³/mol. The van der Waals surface area contributed by atoms with Gasteiger partial charge in [0, 0.05) is 26.1 Å². The average Bonchev–Trinajstić information content (AvgIpc) is 2.32. The Kier molecular flexibility index (Phi) is 2.49. The van der Waals surface area contributed by atoms with E-state index in [1.807, 2.05) is 30.5 Å². The van der Waals surface area contributed by atoms with E-state index in [1.165, 1.54) is 28.6 Å². The first-order chi connectivity index (χ1) is 6.33. The van der Waals surface area contributed by atoms with Gasteiger partial charge in [-0.15, -0.1) is 0 Å². The summed E-state index contributed by atoms with van der Waals surface area (Å²) in [6, 6.07) is 0. The molecule has 13 heavy (non-hydrogen) atoms. The highest BCUT2D eigenvalue weighted by Gasteiger charge is 2.16. The highest BCUT2D eigenvalue weighted by atomic mass is 32.2. The van der Waals surface area contributed by atoms with Crippen molar-refractivity contribution in [2.45, 2.75) is 12.8 Å². The number of aromatic nitrogens is 2. The molecular weight excluding hydrogens is 182 g/mol. The second kappa shape index (κ2) is 3.62. The van der Waals surface area contributed by atoms with E-state index >= 15 is 0 Å². The van der Waals surface area contributed by atoms with Gasteiger partial charge in [-0.25, -0.2) is 0 Å². The molecular formula is C9H15N3S. The number of hydrogen-bond donors (Lipinski definition) is 1. The molecule has 0 atom stereocenters. The Morgan fingerprint density at radius 2 is 2.15 bits per heavy atom. The lowest BCUT2D eigenvalue weighted by Gasteiger charge is -2.03. The van der Waals surface area contributed by atoms with Crippen molar-refractivity contribution in [1.82, 2.24) is 9.78 Å². The molecule has 0 amide bonds. The molecule has 2 heterocycles. The Balaban J connectivity index is 2.41. The minimum absolute atomic E-state index is 1.12. The molecule has 0 saturated heterocycles. The molecule has 1 N–H and O–H groups in total. The second-order valence-electron chi connectivity index (χ2n) is 3.26. The fraction of sp³-hybridized carbons (Fsp3) is 0.667. The maximum absolute atomic E-state index is 4.52. The number of nitrogens with one attached hydrogen (secondary N) is 1. The van der Waals surface area contributed by atoms with Crippen LogP contribution in [0.25, 0.3) is 0 Å². The van der Waals surface area contributed by atoms with E-state index in [9.17, 15) is 0 Å². The maximum Gasteiger partial charge on any atom is 0.127 e. The number of aryl methyl sites for hydroxylation is 2. The monoisotopic (exact) mass is 197 g/mol. The molecule has 72 valence electrons. The van der Waals surface area contributed by atoms with Crippen molar-refractivity contribution in [1.29, 1.82) is 0 Å². The zero-order valence-corrected chi connectivity index (χ0v) is 8.95. The first-order valence-electron chi connectivity index (χ1n) is 4.63. The summed E-state index contributed by atoms with van der Waals surface area (Å²) < 4.78 is 1.96. The smallest absolute Gasteiger partial charge is 0.127 e. The van der Waals surface area contributed by atoms with Crippen LogP contribution in [0, 0.1) is 0 Å². The lowest BCUT2D eigenvalue weighted by molar-refractivity contribution is 0.753. The Labute approximate surface area is 82.9 Å². The number of anilines is 1. The molecule has 0 fully saturated rings. The van der Waals surface area contributed by atoms with Gasteiger partial charge in [0.15, 0.2) is 0 Å². The van der Waals surface area contributed by atoms with E-state index in [2.05, 4.69) is 10.4 Å². The van der Waals surface area contributed by atoms with E-state index in [0.29, 0.717) is 0 Å². The van der Waals surface area contributed by atoms with E-state index < -0.39 is 0 Å². The molecule has 0 radical (unpaired) electrons. The minimum atomic E-state index is 1.12. The standard InChI is InChI=1S/C9H15N3S/c1-10-9-7-3-5-13-6-4-8(7)11-12(9)2/h10H,3-6H2,1-2H3. The van der Waals surface area contributed by atoms with Crippen LogP contribution in [0.2, 0.25) is 0 Å². The molecule has 2 rings (SSSR count). The number of nitrogens with zero attached hydrogens (tertiary/aromatic N) is 2. The average molecular weight is 197 g/mol. The minimum Gasteiger partial charge on any atom is -0.373 e. The molecule has 1 aliphatic heterocycles. The number of rotatable bonds is 1. The topological polar surface area (TPSA) is 29.9 Å². The van der Waals surface area contributed by atoms with Crippen molar-refractivity contribution >= 4 is 17.6 Å². The van der Waals surface area contributed by atoms with Crippen LogP contribution in [0.1, 0.15) is 11.3 Å². The molecule has 1 aromatic rings. The second-order valence-corrected chi connectivity index (χ2v) is 4.48. The quantitative estimate of drug-likeness (QED) is 0.736. The van der Waals surface area contributed by atoms with Crippen molar-refractivity contribution in [3.05, 3.63) is 11.3 Å². The highest BCUT2D eigenvalue weighted by Crippen LogP contribution is 2.25. The molecule has 3 nitrogen and oxygen atoms in total. The van der Waals surface area contributed by atoms with Gasteiger partial charge in [0.25, 0.3) is 0 Å². The fourth-order valence-corrected chi connectivity index (χ4v) is 2.74. The highest BCUT2D eigenvalue weighted by molar-refractivity contribution is 7.99. The number of hydrogen-bond acceptors (Lipinski definition) is 3. The van der Waals surface area contributed by atoms with Crippen molar-refractivity contribution in [2.75, 3.05) is 23.9 Å². The van der Waals surface area contributed by atoms with Gasteiger partial charge in [0.1, 0.15) is 5.82 Å². The first kappa shape index (κ1) is 8.94. The summed E-state index contributed by atoms with van der Waals surface area (Å²) in [5, 5.41) is 7.75. The van der Waals surface area contributed by atoms with Crippen molar-refractivity contribution in [3.63, 3.8) is 0 Å². The van der Waals surface area contributed by atoms with E-state index in [1.54, 1.807) is 0 Å². The van der Waals surface area contributed by atoms with Crippen LogP contribution in [0.4, 0.5) is 5.82 Å². The molecule has 0 unspecified atom stereocenters. The van der Waals surface area contributed by atoms with E-state index in [4.69, 9.17) is 0 Å². The first-order valence-corrected chi connectivity index (χ1v) is 5.78. The zero-order chi connectivity index (χ0) is 9.26. The van der Waals surface area contributed by atoms with Gasteiger partial charge in [-0.3, -0.25) is 4.68 Å². The van der Waals surface area contributed by atoms with Crippen LogP contribution in [0.5, 0.6) is 0 Å². The van der Waals surface area contributed by atoms with Crippen molar-refractivity contribution < 1.29 is 0 Å². The third-order valence-corrected chi connectivity index (χ3v) is 3.43. The van der Waals surface area contributed by atoms with Gasteiger partial charge in [-0.1, -0.05) is 0 Å². The maximum atomic E-state index is 4.52. The normalized spacial score (nSPS) is 16.5. The summed E-state index contributed by atoms with van der Waals surface area (Å²) in [5.74, 6) is 3.64. The summed E-state index contributed by atoms with van der Waals surface area (Å²) in [6.45, 7) is 0. The molecule has 0 aliphatic carbocycles. The third kappa shape index (κ3) is 1.55. The molecule has 4 heteroatoms. The molecule has 0 spiro atoms. The zero-order valence-electron chi connectivity index (χ0n) is 8.13. The lowest BCUT2D eigenvalue weighted by Crippen LogP contribution is -2.01. The van der Waals surface area contributed by atoms with E-state index in [-0.39, 0.29) is 0 Å². The Morgan fingerprint density at radius 1 is 1.38 bits per heavy atom. The third-order valence-electron chi connectivity index (χ3n) is 2.44. The van der Waals surface area contributed by atoms with Crippen LogP contribution < -0.4 is 5.32 Å². The summed E-state index contributed by atoms with van der Waals surface area (Å²) in [6.07, 6.45) is 2.28. The van der Waals surface area contributed by atoms with Gasteiger partial charge >= 0.3 is 0 Å². The van der Waals surface area contributed by atoms with Gasteiger partial charge in [0.2, 0.25) is 0 Å². The van der Waals surface area contributed by atoms with Crippen LogP contribution in [0.15, 0.2) is 0 Å². The van der Waals surface area contributed by atoms with Gasteiger partial charge < -0.3 is 5.32 Å². The Bertz CT molecular complexity index is 306. The molecule has 1 aromatic heterocycles. The molecule has 0 aromatic carbocycles. The van der Waals surface area contributed by atoms with Gasteiger partial charge in [0.05, 0.1) is 5.69 Å². The van der Waals surface area contributed by atoms with Crippen LogP contribution in [-0.2, 0) is 19.9 Å². The van der Waals surface area contributed by atoms with Crippen LogP contribution in [0.3, 0.4) is 0 Å². The largest absolute Gasteiger partial charge is 0.373 e. The Morgan fingerprint density at radius 3 is 2.92 bits per heavy atom. The van der Waals surface area contributed by atoms with E-state index in [0.717, 1.165) is 12.8 Å². The summed E-state index contributed by atoms with van der Waals surface area (Å²) >= 11 is 2.02. The van der Waals surface area contributed by atoms with Crippen molar-refractivity contribution in [3.8, 4) is 0 Å². The number of fused-ring (bicyclic) bond motifs is 1. The molecule has 1 aliphatic rings. The summed E-state index contributed by atoms with van der Waals surface area (Å²) in [7, 11) is 3.98. The SMILES string of the molecule is CNc1c2c(nn1C)CCSCC2. The lowest BCUT2D eigenvalue weighted by atomic mass is 10.1. The predicted octanol–water partition coefficient (Wildman–Crippen LogP) is 1.29. The van der Waals surface area contributed by atoms with Crippen LogP contribution >= 0.6 is 11.8 Å². The molecule has 0 bridgehead atoms.